The Balaban J connectivity index is 1.92. The van der Waals surface area contributed by atoms with Gasteiger partial charge in [-0.3, -0.25) is 0 Å². The summed E-state index contributed by atoms with van der Waals surface area (Å²) in [5.74, 6) is 0.829. The Morgan fingerprint density at radius 3 is 3.00 bits per heavy atom. The van der Waals surface area contributed by atoms with Gasteiger partial charge in [-0.15, -0.1) is 0 Å². The lowest BCUT2D eigenvalue weighted by atomic mass is 9.98. The molecule has 0 bridgehead atoms. The number of methoxy groups -OCH3 is 1. The molecular weight excluding hydrogens is 260 g/mol. The van der Waals surface area contributed by atoms with Gasteiger partial charge in [0.15, 0.2) is 0 Å². The number of hydrogen-bond acceptors (Lipinski definition) is 3. The van der Waals surface area contributed by atoms with E-state index < -0.39 is 0 Å². The summed E-state index contributed by atoms with van der Waals surface area (Å²) in [6, 6.07) is 6.71. The van der Waals surface area contributed by atoms with Crippen LogP contribution in [0.15, 0.2) is 18.2 Å². The molecule has 2 N–H and O–H groups in total. The van der Waals surface area contributed by atoms with Gasteiger partial charge in [-0.2, -0.15) is 0 Å². The molecule has 1 aliphatic heterocycles. The minimum atomic E-state index is 0.389. The van der Waals surface area contributed by atoms with Crippen LogP contribution in [-0.2, 0) is 0 Å². The van der Waals surface area contributed by atoms with Gasteiger partial charge in [0.1, 0.15) is 5.75 Å². The van der Waals surface area contributed by atoms with E-state index in [9.17, 15) is 0 Å². The summed E-state index contributed by atoms with van der Waals surface area (Å²) in [5.41, 5.74) is 0.948. The SMILES string of the molecule is COc1ccc(Cl)c(NC(C)CC2CCCCN2)c1. The predicted octanol–water partition coefficient (Wildman–Crippen LogP) is 3.68. The molecule has 1 heterocycles. The third kappa shape index (κ3) is 4.29. The summed E-state index contributed by atoms with van der Waals surface area (Å²) in [4.78, 5) is 0. The number of ether oxygens (including phenoxy) is 1. The smallest absolute Gasteiger partial charge is 0.121 e. The molecule has 106 valence electrons. The second-order valence-electron chi connectivity index (χ2n) is 5.27. The third-order valence-corrected chi connectivity index (χ3v) is 3.96. The van der Waals surface area contributed by atoms with Gasteiger partial charge in [-0.25, -0.2) is 0 Å². The Bertz CT molecular complexity index is 405. The van der Waals surface area contributed by atoms with Crippen LogP contribution in [0.2, 0.25) is 5.02 Å². The van der Waals surface area contributed by atoms with Crippen LogP contribution in [0.1, 0.15) is 32.6 Å². The van der Waals surface area contributed by atoms with Crippen LogP contribution in [0.25, 0.3) is 0 Å². The number of rotatable bonds is 5. The van der Waals surface area contributed by atoms with Crippen LogP contribution in [-0.4, -0.2) is 25.7 Å². The van der Waals surface area contributed by atoms with Crippen molar-refractivity contribution >= 4 is 17.3 Å². The van der Waals surface area contributed by atoms with Crippen LogP contribution in [0.3, 0.4) is 0 Å². The first kappa shape index (κ1) is 14.5. The number of hydrogen-bond donors (Lipinski definition) is 2. The van der Waals surface area contributed by atoms with Crippen LogP contribution in [0, 0.1) is 0 Å². The second kappa shape index (κ2) is 7.01. The van der Waals surface area contributed by atoms with E-state index in [0.717, 1.165) is 29.4 Å². The molecule has 3 nitrogen and oxygen atoms in total. The standard InChI is InChI=1S/C15H23ClN2O/c1-11(9-12-5-3-4-8-17-12)18-15-10-13(19-2)6-7-14(15)16/h6-7,10-12,17-18H,3-5,8-9H2,1-2H3. The van der Waals surface area contributed by atoms with Crippen molar-refractivity contribution in [2.75, 3.05) is 19.0 Å². The quantitative estimate of drug-likeness (QED) is 0.864. The number of halogens is 1. The third-order valence-electron chi connectivity index (χ3n) is 3.63. The zero-order chi connectivity index (χ0) is 13.7. The first-order valence-electron chi connectivity index (χ1n) is 7.02. The van der Waals surface area contributed by atoms with Gasteiger partial charge >= 0.3 is 0 Å². The number of anilines is 1. The molecule has 0 aromatic heterocycles. The van der Waals surface area contributed by atoms with Crippen LogP contribution < -0.4 is 15.4 Å². The minimum Gasteiger partial charge on any atom is -0.497 e. The lowest BCUT2D eigenvalue weighted by molar-refractivity contribution is 0.371. The van der Waals surface area contributed by atoms with Gasteiger partial charge in [-0.05, 0) is 44.9 Å². The van der Waals surface area contributed by atoms with Gasteiger partial charge in [0, 0.05) is 18.2 Å². The van der Waals surface area contributed by atoms with Gasteiger partial charge in [0.05, 0.1) is 17.8 Å². The lowest BCUT2D eigenvalue weighted by Crippen LogP contribution is -2.37. The molecule has 0 saturated carbocycles. The van der Waals surface area contributed by atoms with Gasteiger partial charge in [-0.1, -0.05) is 18.0 Å². The maximum absolute atomic E-state index is 6.21. The van der Waals surface area contributed by atoms with Crippen molar-refractivity contribution in [1.29, 1.82) is 0 Å². The van der Waals surface area contributed by atoms with E-state index in [-0.39, 0.29) is 0 Å². The summed E-state index contributed by atoms with van der Waals surface area (Å²) in [7, 11) is 1.67. The predicted molar refractivity (Wildman–Crippen MR) is 81.3 cm³/mol. The van der Waals surface area contributed by atoms with Crippen molar-refractivity contribution in [3.63, 3.8) is 0 Å². The van der Waals surface area contributed by atoms with E-state index in [2.05, 4.69) is 17.6 Å². The normalized spacial score (nSPS) is 20.9. The number of benzene rings is 1. The molecule has 0 aliphatic carbocycles. The van der Waals surface area contributed by atoms with Crippen LogP contribution in [0.5, 0.6) is 5.75 Å². The average Bonchev–Trinajstić information content (AvgIpc) is 2.42. The van der Waals surface area contributed by atoms with Crippen molar-refractivity contribution in [3.05, 3.63) is 23.2 Å². The minimum absolute atomic E-state index is 0.389. The largest absolute Gasteiger partial charge is 0.497 e. The molecule has 0 spiro atoms. The molecule has 2 atom stereocenters. The fraction of sp³-hybridized carbons (Fsp3) is 0.600. The molecule has 2 unspecified atom stereocenters. The van der Waals surface area contributed by atoms with Crippen molar-refractivity contribution in [1.82, 2.24) is 5.32 Å². The second-order valence-corrected chi connectivity index (χ2v) is 5.68. The van der Waals surface area contributed by atoms with Crippen molar-refractivity contribution in [3.8, 4) is 5.75 Å². The molecule has 1 aromatic carbocycles. The highest BCUT2D eigenvalue weighted by Gasteiger charge is 2.16. The summed E-state index contributed by atoms with van der Waals surface area (Å²) >= 11 is 6.21. The van der Waals surface area contributed by atoms with Crippen LogP contribution >= 0.6 is 11.6 Å². The zero-order valence-electron chi connectivity index (χ0n) is 11.7. The topological polar surface area (TPSA) is 33.3 Å². The van der Waals surface area contributed by atoms with E-state index >= 15 is 0 Å². The molecule has 1 aromatic rings. The molecule has 1 aliphatic rings. The maximum Gasteiger partial charge on any atom is 0.121 e. The molecule has 1 saturated heterocycles. The first-order valence-corrected chi connectivity index (χ1v) is 7.40. The zero-order valence-corrected chi connectivity index (χ0v) is 12.5. The summed E-state index contributed by atoms with van der Waals surface area (Å²) in [6.07, 6.45) is 5.04. The fourth-order valence-corrected chi connectivity index (χ4v) is 2.79. The molecule has 2 rings (SSSR count). The monoisotopic (exact) mass is 282 g/mol. The Morgan fingerprint density at radius 2 is 2.32 bits per heavy atom. The highest BCUT2D eigenvalue weighted by molar-refractivity contribution is 6.33. The first-order chi connectivity index (χ1) is 9.19. The lowest BCUT2D eigenvalue weighted by Gasteiger charge is -2.27. The maximum atomic E-state index is 6.21. The molecule has 0 amide bonds. The van der Waals surface area contributed by atoms with Crippen LogP contribution in [0.4, 0.5) is 5.69 Å². The fourth-order valence-electron chi connectivity index (χ4n) is 2.62. The van der Waals surface area contributed by atoms with Gasteiger partial charge in [0.2, 0.25) is 0 Å². The Labute approximate surface area is 120 Å². The highest BCUT2D eigenvalue weighted by atomic mass is 35.5. The number of piperidine rings is 1. The Morgan fingerprint density at radius 1 is 1.47 bits per heavy atom. The molecule has 4 heteroatoms. The van der Waals surface area contributed by atoms with Crippen molar-refractivity contribution < 1.29 is 4.74 Å². The van der Waals surface area contributed by atoms with Gasteiger partial charge in [0.25, 0.3) is 0 Å². The van der Waals surface area contributed by atoms with E-state index in [1.54, 1.807) is 7.11 Å². The molecule has 1 fully saturated rings. The van der Waals surface area contributed by atoms with E-state index in [1.165, 1.54) is 19.3 Å². The molecule has 0 radical (unpaired) electrons. The molecule has 19 heavy (non-hydrogen) atoms. The summed E-state index contributed by atoms with van der Waals surface area (Å²) < 4.78 is 5.23. The summed E-state index contributed by atoms with van der Waals surface area (Å²) in [5, 5.41) is 7.80. The van der Waals surface area contributed by atoms with E-state index in [0.29, 0.717) is 12.1 Å². The van der Waals surface area contributed by atoms with Gasteiger partial charge < -0.3 is 15.4 Å². The van der Waals surface area contributed by atoms with E-state index in [4.69, 9.17) is 16.3 Å². The van der Waals surface area contributed by atoms with Crippen molar-refractivity contribution in [2.45, 2.75) is 44.7 Å². The van der Waals surface area contributed by atoms with E-state index in [1.807, 2.05) is 18.2 Å². The van der Waals surface area contributed by atoms with Crippen molar-refractivity contribution in [2.24, 2.45) is 0 Å². The average molecular weight is 283 g/mol. The Kier molecular flexibility index (Phi) is 5.34. The Hall–Kier alpha value is -0.930. The number of nitrogens with one attached hydrogen (secondary N) is 2. The summed E-state index contributed by atoms with van der Waals surface area (Å²) in [6.45, 7) is 3.35. The highest BCUT2D eigenvalue weighted by Crippen LogP contribution is 2.28. The molecular formula is C15H23ClN2O.